The lowest BCUT2D eigenvalue weighted by Gasteiger charge is -2.12. The first-order valence-corrected chi connectivity index (χ1v) is 4.05. The molecule has 0 radical (unpaired) electrons. The number of ether oxygens (including phenoxy) is 1. The molecule has 1 fully saturated rings. The van der Waals surface area contributed by atoms with Crippen LogP contribution < -0.4 is 0 Å². The average molecular weight is 153 g/mol. The fourth-order valence-corrected chi connectivity index (χ4v) is 1.42. The number of rotatable bonds is 3. The van der Waals surface area contributed by atoms with E-state index in [2.05, 4.69) is 10.8 Å². The molecule has 1 saturated heterocycles. The minimum Gasteiger partial charge on any atom is -0.380 e. The summed E-state index contributed by atoms with van der Waals surface area (Å²) in [6.45, 7) is 3.22. The molecule has 0 aromatic rings. The molecule has 1 rings (SSSR count). The van der Waals surface area contributed by atoms with Crippen molar-refractivity contribution >= 4 is 0 Å². The number of likely N-dealkylation sites (tertiary alicyclic amines) is 1. The quantitative estimate of drug-likeness (QED) is 0.554. The van der Waals surface area contributed by atoms with Gasteiger partial charge in [-0.1, -0.05) is 0 Å². The van der Waals surface area contributed by atoms with Gasteiger partial charge in [-0.15, -0.1) is 12.3 Å². The van der Waals surface area contributed by atoms with E-state index in [0.717, 1.165) is 32.5 Å². The van der Waals surface area contributed by atoms with Crippen LogP contribution in [0.15, 0.2) is 0 Å². The largest absolute Gasteiger partial charge is 0.380 e. The second-order valence-electron chi connectivity index (χ2n) is 2.90. The Bertz CT molecular complexity index is 150. The predicted octanol–water partition coefficient (Wildman–Crippen LogP) is 0.730. The van der Waals surface area contributed by atoms with Gasteiger partial charge in [-0.05, 0) is 6.42 Å². The smallest absolute Gasteiger partial charge is 0.0710 e. The molecule has 1 atom stereocenters. The predicted molar refractivity (Wildman–Crippen MR) is 45.3 cm³/mol. The van der Waals surface area contributed by atoms with Crippen molar-refractivity contribution in [3.05, 3.63) is 0 Å². The molecule has 2 heteroatoms. The van der Waals surface area contributed by atoms with Crippen LogP contribution in [0.4, 0.5) is 0 Å². The Labute approximate surface area is 68.5 Å². The van der Waals surface area contributed by atoms with Crippen molar-refractivity contribution in [1.29, 1.82) is 0 Å². The first-order chi connectivity index (χ1) is 5.36. The van der Waals surface area contributed by atoms with Crippen LogP contribution in [0.3, 0.4) is 0 Å². The maximum atomic E-state index is 5.23. The van der Waals surface area contributed by atoms with Crippen LogP contribution >= 0.6 is 0 Å². The van der Waals surface area contributed by atoms with Crippen molar-refractivity contribution in [2.24, 2.45) is 0 Å². The van der Waals surface area contributed by atoms with Crippen LogP contribution in [0, 0.1) is 12.3 Å². The second kappa shape index (κ2) is 4.38. The van der Waals surface area contributed by atoms with Crippen LogP contribution in [0.5, 0.6) is 0 Å². The van der Waals surface area contributed by atoms with Crippen molar-refractivity contribution in [2.45, 2.75) is 18.9 Å². The van der Waals surface area contributed by atoms with Crippen molar-refractivity contribution in [3.8, 4) is 12.3 Å². The summed E-state index contributed by atoms with van der Waals surface area (Å²) in [5.41, 5.74) is 0. The third-order valence-electron chi connectivity index (χ3n) is 2.13. The molecular formula is C9H15NO. The molecule has 1 unspecified atom stereocenters. The molecule has 62 valence electrons. The van der Waals surface area contributed by atoms with Crippen molar-refractivity contribution in [3.63, 3.8) is 0 Å². The third kappa shape index (κ3) is 2.53. The molecule has 0 N–H and O–H groups in total. The van der Waals surface area contributed by atoms with E-state index in [-0.39, 0.29) is 0 Å². The summed E-state index contributed by atoms with van der Waals surface area (Å²) in [7, 11) is 1.77. The summed E-state index contributed by atoms with van der Waals surface area (Å²) in [5, 5.41) is 0. The highest BCUT2D eigenvalue weighted by Crippen LogP contribution is 2.11. The van der Waals surface area contributed by atoms with E-state index in [1.807, 2.05) is 0 Å². The van der Waals surface area contributed by atoms with Gasteiger partial charge in [-0.2, -0.15) is 0 Å². The average Bonchev–Trinajstić information content (AvgIpc) is 2.48. The topological polar surface area (TPSA) is 12.5 Å². The molecule has 0 aliphatic carbocycles. The lowest BCUT2D eigenvalue weighted by Crippen LogP contribution is -2.23. The van der Waals surface area contributed by atoms with E-state index in [1.54, 1.807) is 7.11 Å². The van der Waals surface area contributed by atoms with Gasteiger partial charge in [-0.3, -0.25) is 4.90 Å². The maximum absolute atomic E-state index is 5.23. The Hall–Kier alpha value is -0.520. The van der Waals surface area contributed by atoms with Crippen molar-refractivity contribution in [2.75, 3.05) is 26.7 Å². The molecule has 11 heavy (non-hydrogen) atoms. The standard InChI is InChI=1S/C9H15NO/c1-3-4-6-10-7-5-9(8-10)11-2/h1,9H,4-8H2,2H3. The minimum atomic E-state index is 0.438. The summed E-state index contributed by atoms with van der Waals surface area (Å²) < 4.78 is 5.23. The first kappa shape index (κ1) is 8.58. The van der Waals surface area contributed by atoms with Crippen LogP contribution in [-0.4, -0.2) is 37.7 Å². The highest BCUT2D eigenvalue weighted by Gasteiger charge is 2.20. The first-order valence-electron chi connectivity index (χ1n) is 4.05. The van der Waals surface area contributed by atoms with Gasteiger partial charge in [0.05, 0.1) is 6.10 Å². The van der Waals surface area contributed by atoms with Crippen molar-refractivity contribution < 1.29 is 4.74 Å². The van der Waals surface area contributed by atoms with Crippen LogP contribution in [0.25, 0.3) is 0 Å². The van der Waals surface area contributed by atoms with Gasteiger partial charge in [0.1, 0.15) is 0 Å². The monoisotopic (exact) mass is 153 g/mol. The normalized spacial score (nSPS) is 25.3. The van der Waals surface area contributed by atoms with Gasteiger partial charge in [0.15, 0.2) is 0 Å². The van der Waals surface area contributed by atoms with Gasteiger partial charge in [-0.25, -0.2) is 0 Å². The molecule has 2 nitrogen and oxygen atoms in total. The lowest BCUT2D eigenvalue weighted by molar-refractivity contribution is 0.108. The SMILES string of the molecule is C#CCCN1CCC(OC)C1. The minimum absolute atomic E-state index is 0.438. The summed E-state index contributed by atoms with van der Waals surface area (Å²) >= 11 is 0. The summed E-state index contributed by atoms with van der Waals surface area (Å²) in [6.07, 6.45) is 7.62. The zero-order chi connectivity index (χ0) is 8.10. The fourth-order valence-electron chi connectivity index (χ4n) is 1.42. The Kier molecular flexibility index (Phi) is 3.41. The lowest BCUT2D eigenvalue weighted by atomic mass is 10.3. The summed E-state index contributed by atoms with van der Waals surface area (Å²) in [5.74, 6) is 2.64. The zero-order valence-corrected chi connectivity index (χ0v) is 7.05. The van der Waals surface area contributed by atoms with Crippen LogP contribution in [0.1, 0.15) is 12.8 Å². The molecule has 0 aromatic heterocycles. The Balaban J connectivity index is 2.15. The molecule has 1 aliphatic heterocycles. The number of methoxy groups -OCH3 is 1. The fraction of sp³-hybridized carbons (Fsp3) is 0.778. The van der Waals surface area contributed by atoms with Gasteiger partial charge in [0, 0.05) is 33.2 Å². The third-order valence-corrected chi connectivity index (χ3v) is 2.13. The molecule has 1 heterocycles. The van der Waals surface area contributed by atoms with E-state index in [0.29, 0.717) is 6.10 Å². The molecule has 0 spiro atoms. The van der Waals surface area contributed by atoms with Gasteiger partial charge in [0.2, 0.25) is 0 Å². The van der Waals surface area contributed by atoms with E-state index >= 15 is 0 Å². The van der Waals surface area contributed by atoms with E-state index in [1.165, 1.54) is 0 Å². The van der Waals surface area contributed by atoms with Crippen LogP contribution in [-0.2, 0) is 4.74 Å². The zero-order valence-electron chi connectivity index (χ0n) is 7.05. The maximum Gasteiger partial charge on any atom is 0.0710 e. The second-order valence-corrected chi connectivity index (χ2v) is 2.90. The van der Waals surface area contributed by atoms with Gasteiger partial charge in [0.25, 0.3) is 0 Å². The van der Waals surface area contributed by atoms with Gasteiger partial charge >= 0.3 is 0 Å². The Morgan fingerprint density at radius 3 is 3.09 bits per heavy atom. The molecule has 0 bridgehead atoms. The molecule has 0 aromatic carbocycles. The number of terminal acetylenes is 1. The Morgan fingerprint density at radius 2 is 2.55 bits per heavy atom. The highest BCUT2D eigenvalue weighted by atomic mass is 16.5. The van der Waals surface area contributed by atoms with Gasteiger partial charge < -0.3 is 4.74 Å². The van der Waals surface area contributed by atoms with E-state index in [4.69, 9.17) is 11.2 Å². The van der Waals surface area contributed by atoms with Crippen LogP contribution in [0.2, 0.25) is 0 Å². The number of nitrogens with zero attached hydrogens (tertiary/aromatic N) is 1. The highest BCUT2D eigenvalue weighted by molar-refractivity contribution is 4.86. The molecule has 0 amide bonds. The number of hydrogen-bond donors (Lipinski definition) is 0. The molecule has 1 aliphatic rings. The number of hydrogen-bond acceptors (Lipinski definition) is 2. The van der Waals surface area contributed by atoms with E-state index in [9.17, 15) is 0 Å². The summed E-state index contributed by atoms with van der Waals surface area (Å²) in [4.78, 5) is 2.36. The molecule has 0 saturated carbocycles. The van der Waals surface area contributed by atoms with Crippen molar-refractivity contribution in [1.82, 2.24) is 4.90 Å². The molecular weight excluding hydrogens is 138 g/mol. The Morgan fingerprint density at radius 1 is 1.73 bits per heavy atom. The van der Waals surface area contributed by atoms with E-state index < -0.39 is 0 Å². The summed E-state index contributed by atoms with van der Waals surface area (Å²) in [6, 6.07) is 0.